The third-order valence-corrected chi connectivity index (χ3v) is 15.7. The van der Waals surface area contributed by atoms with Crippen LogP contribution >= 0.6 is 0 Å². The first kappa shape index (κ1) is 28.1. The second-order valence-corrected chi connectivity index (χ2v) is 17.3. The first-order valence-corrected chi connectivity index (χ1v) is 18.9. The van der Waals surface area contributed by atoms with Gasteiger partial charge in [-0.15, -0.1) is 0 Å². The molecule has 0 aromatic heterocycles. The molecule has 0 heterocycles. The molecule has 0 bridgehead atoms. The fourth-order valence-corrected chi connectivity index (χ4v) is 14.9. The molecule has 0 radical (unpaired) electrons. The second-order valence-electron chi connectivity index (χ2n) is 17.3. The molecule has 2 spiro atoms. The third kappa shape index (κ3) is 2.10. The van der Waals surface area contributed by atoms with Gasteiger partial charge in [0, 0.05) is 0 Å². The van der Waals surface area contributed by atoms with Crippen molar-refractivity contribution in [1.29, 1.82) is 0 Å². The number of carbonyl (C=O) groups excluding carboxylic acids is 2. The highest BCUT2D eigenvalue weighted by Crippen LogP contribution is 2.92. The van der Waals surface area contributed by atoms with Gasteiger partial charge < -0.3 is 19.7 Å². The predicted molar refractivity (Wildman–Crippen MR) is 206 cm³/mol. The number of alkyl halides is 4. The molecule has 2 unspecified atom stereocenters. The molecule has 268 valence electrons. The number of fused-ring (bicyclic) bond motifs is 3. The Hall–Kier alpha value is -6.36. The van der Waals surface area contributed by atoms with Gasteiger partial charge in [0.05, 0.1) is 10.8 Å². The molecule has 57 heavy (non-hydrogen) atoms. The largest absolute Gasteiger partial charge is 0.455 e. The number of hydrogen-bond acceptors (Lipinski definition) is 6. The van der Waals surface area contributed by atoms with Crippen molar-refractivity contribution in [2.75, 3.05) is 13.2 Å². The van der Waals surface area contributed by atoms with E-state index in [4.69, 9.17) is 9.47 Å². The molecule has 5 aliphatic rings. The number of aliphatic hydroxyl groups is 2. The summed E-state index contributed by atoms with van der Waals surface area (Å²) in [5.41, 5.74) is -3.40. The van der Waals surface area contributed by atoms with Gasteiger partial charge in [-0.05, 0) is 151 Å². The van der Waals surface area contributed by atoms with E-state index in [-0.39, 0.29) is 0 Å². The molecular formula is C47H16F4O6. The fraction of sp³-hybridized carbons (Fsp3) is 0.149. The number of carbonyl (C=O) groups is 2. The summed E-state index contributed by atoms with van der Waals surface area (Å²) in [6, 6.07) is 16.9. The molecule has 17 rings (SSSR count). The summed E-state index contributed by atoms with van der Waals surface area (Å²) in [6.07, 6.45) is -5.15. The Morgan fingerprint density at radius 1 is 0.456 bits per heavy atom. The lowest BCUT2D eigenvalue weighted by Gasteiger charge is -2.31. The lowest BCUT2D eigenvalue weighted by atomic mass is 9.68. The molecule has 0 saturated heterocycles. The van der Waals surface area contributed by atoms with E-state index in [0.717, 1.165) is 102 Å². The molecule has 0 aliphatic heterocycles. The molecule has 1 saturated carbocycles. The van der Waals surface area contributed by atoms with E-state index in [1.165, 1.54) is 26.9 Å². The Labute approximate surface area is 311 Å². The quantitative estimate of drug-likeness (QED) is 0.0791. The van der Waals surface area contributed by atoms with E-state index in [1.54, 1.807) is 0 Å². The van der Waals surface area contributed by atoms with Crippen LogP contribution in [0, 0.1) is 5.41 Å². The van der Waals surface area contributed by atoms with E-state index in [1.807, 2.05) is 24.3 Å². The molecular weight excluding hydrogens is 737 g/mol. The van der Waals surface area contributed by atoms with Gasteiger partial charge in [0.25, 0.3) is 0 Å². The number of rotatable bonds is 6. The maximum absolute atomic E-state index is 15.3. The Kier molecular flexibility index (Phi) is 3.55. The van der Waals surface area contributed by atoms with Gasteiger partial charge in [0.15, 0.2) is 18.6 Å². The van der Waals surface area contributed by atoms with Crippen molar-refractivity contribution in [3.05, 3.63) is 82.2 Å². The van der Waals surface area contributed by atoms with Crippen LogP contribution in [0.1, 0.15) is 11.1 Å². The van der Waals surface area contributed by atoms with Crippen LogP contribution in [0.2, 0.25) is 0 Å². The van der Waals surface area contributed by atoms with E-state index >= 15 is 9.59 Å². The average molecular weight is 753 g/mol. The van der Waals surface area contributed by atoms with Crippen LogP contribution < -0.4 is 10.4 Å². The van der Waals surface area contributed by atoms with Crippen LogP contribution in [0.25, 0.3) is 130 Å². The summed E-state index contributed by atoms with van der Waals surface area (Å²) < 4.78 is 67.8. The van der Waals surface area contributed by atoms with E-state index in [2.05, 4.69) is 36.4 Å². The fourth-order valence-electron chi connectivity index (χ4n) is 14.9. The number of esters is 2. The van der Waals surface area contributed by atoms with Crippen molar-refractivity contribution in [2.45, 2.75) is 23.0 Å². The lowest BCUT2D eigenvalue weighted by molar-refractivity contribution is -0.238. The van der Waals surface area contributed by atoms with Crippen LogP contribution in [-0.4, -0.2) is 47.6 Å². The van der Waals surface area contributed by atoms with Gasteiger partial charge >= 0.3 is 24.2 Å². The predicted octanol–water partition coefficient (Wildman–Crippen LogP) is 7.52. The molecule has 12 aromatic rings. The number of allylic oxidation sites excluding steroid dienone is 2. The topological polar surface area (TPSA) is 93.1 Å². The van der Waals surface area contributed by atoms with Gasteiger partial charge in [-0.25, -0.2) is 0 Å². The highest BCUT2D eigenvalue weighted by atomic mass is 19.3. The van der Waals surface area contributed by atoms with Crippen molar-refractivity contribution in [2.24, 2.45) is 5.41 Å². The summed E-state index contributed by atoms with van der Waals surface area (Å²) >= 11 is 0. The molecule has 10 heteroatoms. The Bertz CT molecular complexity index is 3960. The molecule has 5 aliphatic carbocycles. The summed E-state index contributed by atoms with van der Waals surface area (Å²) in [6.45, 7) is -3.54. The molecule has 0 amide bonds. The standard InChI is InChI=1S/C47H16F4O6/c48-43(49,54)11-56-41(52)47(42(53)57-12-44(50,51)55)45-21-9-10-22-20-8-6-18-16-4-2-14-13-1-3-15-17-5-7-19(21)29-27(17)32-25(15)23(13)31-24(14)26(16)33-28(18)30(20)40(46(22,45)47)38-36(33)34(31)35(32)37(38)39(29)45/h1-10,54-55H,11-12H2. The second kappa shape index (κ2) is 7.21. The summed E-state index contributed by atoms with van der Waals surface area (Å²) in [7, 11) is 0. The minimum absolute atomic E-state index is 0.571. The monoisotopic (exact) mass is 752 g/mol. The van der Waals surface area contributed by atoms with Gasteiger partial charge in [-0.3, -0.25) is 9.59 Å². The smallest absolute Gasteiger partial charge is 0.387 e. The van der Waals surface area contributed by atoms with Gasteiger partial charge in [0.2, 0.25) is 0 Å². The van der Waals surface area contributed by atoms with Crippen LogP contribution in [0.5, 0.6) is 0 Å². The minimum Gasteiger partial charge on any atom is -0.455 e. The van der Waals surface area contributed by atoms with Crippen molar-refractivity contribution < 1.29 is 46.8 Å². The first-order chi connectivity index (χ1) is 27.4. The van der Waals surface area contributed by atoms with Gasteiger partial charge in [0.1, 0.15) is 0 Å². The maximum atomic E-state index is 15.3. The van der Waals surface area contributed by atoms with E-state index in [9.17, 15) is 27.8 Å². The zero-order valence-corrected chi connectivity index (χ0v) is 28.7. The lowest BCUT2D eigenvalue weighted by Crippen LogP contribution is -2.41. The number of halogens is 4. The van der Waals surface area contributed by atoms with Crippen LogP contribution in [0.4, 0.5) is 17.6 Å². The zero-order valence-electron chi connectivity index (χ0n) is 28.7. The van der Waals surface area contributed by atoms with Crippen LogP contribution in [0.3, 0.4) is 0 Å². The minimum atomic E-state index is -4.46. The van der Waals surface area contributed by atoms with E-state index < -0.39 is 53.6 Å². The summed E-state index contributed by atoms with van der Waals surface area (Å²) in [4.78, 5) is 30.6. The first-order valence-electron chi connectivity index (χ1n) is 18.9. The SMILES string of the molecule is O=C(OCC(O)(F)F)C1(C(=O)OCC(O)(F)F)C23C4=c5ccc6c7ccc8c9ccc%10c%11ccc%12c%13c(c%14c%15c2c5c6c2c7c8c5c9c%10c(c%13%11)c%14c5c%152)C13C=%12C=C4. The van der Waals surface area contributed by atoms with Gasteiger partial charge in [-0.1, -0.05) is 60.7 Å². The Balaban J connectivity index is 1.23. The van der Waals surface area contributed by atoms with Crippen molar-refractivity contribution >= 4 is 142 Å². The Morgan fingerprint density at radius 3 is 1.11 bits per heavy atom. The Morgan fingerprint density at radius 2 is 0.754 bits per heavy atom. The highest BCUT2D eigenvalue weighted by molar-refractivity contribution is 6.64. The van der Waals surface area contributed by atoms with Crippen LogP contribution in [0.15, 0.2) is 60.7 Å². The number of hydrogen-bond donors (Lipinski definition) is 2. The summed E-state index contributed by atoms with van der Waals surface area (Å²) in [5.74, 6) is -2.83. The normalized spacial score (nSPS) is 23.0. The van der Waals surface area contributed by atoms with E-state index in [0.29, 0.717) is 22.3 Å². The molecule has 1 fully saturated rings. The summed E-state index contributed by atoms with van der Waals surface area (Å²) in [5, 5.41) is 43.9. The molecule has 2 N–H and O–H groups in total. The molecule has 12 aromatic carbocycles. The van der Waals surface area contributed by atoms with Crippen molar-refractivity contribution in [3.8, 4) is 0 Å². The van der Waals surface area contributed by atoms with Crippen LogP contribution in [-0.2, 0) is 29.9 Å². The average Bonchev–Trinajstić information content (AvgIpc) is 3.80. The van der Waals surface area contributed by atoms with Crippen molar-refractivity contribution in [3.63, 3.8) is 0 Å². The molecule has 2 atom stereocenters. The number of benzene rings is 8. The van der Waals surface area contributed by atoms with Crippen molar-refractivity contribution in [1.82, 2.24) is 0 Å². The number of ether oxygens (including phenoxy) is 2. The molecule has 6 nitrogen and oxygen atoms in total. The zero-order chi connectivity index (χ0) is 37.7. The maximum Gasteiger partial charge on any atom is 0.387 e. The third-order valence-electron chi connectivity index (χ3n) is 15.7. The van der Waals surface area contributed by atoms with Gasteiger partial charge in [-0.2, -0.15) is 17.6 Å². The highest BCUT2D eigenvalue weighted by Gasteiger charge is 3.01.